The zero-order valence-electron chi connectivity index (χ0n) is 10.3. The maximum Gasteiger partial charge on any atom is 0.0244 e. The summed E-state index contributed by atoms with van der Waals surface area (Å²) >= 11 is 0. The van der Waals surface area contributed by atoms with Gasteiger partial charge in [-0.25, -0.2) is 0 Å². The summed E-state index contributed by atoms with van der Waals surface area (Å²) in [6.07, 6.45) is 7.36. The monoisotopic (exact) mass is 250 g/mol. The molecule has 1 aromatic rings. The summed E-state index contributed by atoms with van der Waals surface area (Å²) in [4.78, 5) is 0. The van der Waals surface area contributed by atoms with Crippen LogP contribution in [0.1, 0.15) is 25.7 Å². The highest BCUT2D eigenvalue weighted by atomic mass is 32.2. The molecule has 0 aliphatic carbocycles. The predicted octanol–water partition coefficient (Wildman–Crippen LogP) is 2.02. The molecule has 0 spiro atoms. The summed E-state index contributed by atoms with van der Waals surface area (Å²) in [5, 5.41) is 1.43. The molecule has 2 rings (SSSR count). The van der Waals surface area contributed by atoms with Gasteiger partial charge in [0.25, 0.3) is 0 Å². The van der Waals surface area contributed by atoms with Crippen LogP contribution in [-0.2, 0) is 0 Å². The molecule has 0 saturated heterocycles. The van der Waals surface area contributed by atoms with Gasteiger partial charge in [-0.1, -0.05) is 37.1 Å². The van der Waals surface area contributed by atoms with Gasteiger partial charge in [0, 0.05) is 16.8 Å². The Hall–Kier alpha value is -0.640. The van der Waals surface area contributed by atoms with E-state index in [0.29, 0.717) is 0 Å². The lowest BCUT2D eigenvalue weighted by molar-refractivity contribution is 0.677. The molecule has 3 N–H and O–H groups in total. The average molecular weight is 250 g/mol. The van der Waals surface area contributed by atoms with Crippen LogP contribution in [0.3, 0.4) is 0 Å². The summed E-state index contributed by atoms with van der Waals surface area (Å²) in [5.74, 6) is 1.27. The number of fused-ring (bicyclic) bond motifs is 1. The molecule has 0 fully saturated rings. The van der Waals surface area contributed by atoms with E-state index in [1.807, 2.05) is 0 Å². The lowest BCUT2D eigenvalue weighted by Gasteiger charge is -2.14. The molecule has 1 aliphatic rings. The van der Waals surface area contributed by atoms with Crippen molar-refractivity contribution in [2.75, 3.05) is 18.8 Å². The molecule has 3 heteroatoms. The van der Waals surface area contributed by atoms with Crippen LogP contribution >= 0.6 is 10.7 Å². The fourth-order valence-corrected chi connectivity index (χ4v) is 4.11. The van der Waals surface area contributed by atoms with Gasteiger partial charge in [0.05, 0.1) is 0 Å². The molecule has 0 radical (unpaired) electrons. The number of hydrogen-bond donors (Lipinski definition) is 2. The van der Waals surface area contributed by atoms with E-state index >= 15 is 0 Å². The minimum Gasteiger partial charge on any atom is -0.330 e. The number of nitrogens with two attached hydrogens (primary N) is 1. The Labute approximate surface area is 106 Å². The molecule has 1 aromatic carbocycles. The fraction of sp³-hybridized carbons (Fsp3) is 0.500. The third-order valence-corrected chi connectivity index (χ3v) is 5.18. The summed E-state index contributed by atoms with van der Waals surface area (Å²) in [6, 6.07) is 8.77. The molecule has 1 heterocycles. The standard InChI is InChI=1S/C14H22N2S/c15-10-5-1-2-6-12-17-14-8-4-3-7-13(14)9-11-16-17/h3-4,7-9,16H,1-2,5-6,10-12,15H2. The third-order valence-electron chi connectivity index (χ3n) is 3.07. The topological polar surface area (TPSA) is 38.0 Å². The molecule has 2 nitrogen and oxygen atoms in total. The van der Waals surface area contributed by atoms with Crippen LogP contribution in [0.2, 0.25) is 0 Å². The predicted molar refractivity (Wildman–Crippen MR) is 77.4 cm³/mol. The number of unbranched alkanes of at least 4 members (excludes halogenated alkanes) is 3. The second kappa shape index (κ2) is 6.94. The zero-order valence-corrected chi connectivity index (χ0v) is 11.1. The highest BCUT2D eigenvalue weighted by Crippen LogP contribution is 2.16. The molecule has 0 bridgehead atoms. The van der Waals surface area contributed by atoms with E-state index in [1.54, 1.807) is 0 Å². The summed E-state index contributed by atoms with van der Waals surface area (Å²) in [5.41, 5.74) is 5.50. The number of benzene rings is 1. The van der Waals surface area contributed by atoms with Crippen molar-refractivity contribution >= 4 is 16.7 Å². The minimum absolute atomic E-state index is 0.262. The highest BCUT2D eigenvalue weighted by Gasteiger charge is 2.01. The van der Waals surface area contributed by atoms with Gasteiger partial charge in [0.1, 0.15) is 0 Å². The first-order chi connectivity index (χ1) is 8.42. The Bertz CT molecular complexity index is 467. The molecule has 17 heavy (non-hydrogen) atoms. The van der Waals surface area contributed by atoms with Crippen molar-refractivity contribution in [1.82, 2.24) is 4.72 Å². The average Bonchev–Trinajstić information content (AvgIpc) is 2.39. The van der Waals surface area contributed by atoms with Crippen molar-refractivity contribution in [2.24, 2.45) is 5.73 Å². The van der Waals surface area contributed by atoms with Crippen LogP contribution in [0.25, 0.3) is 6.08 Å². The van der Waals surface area contributed by atoms with E-state index in [-0.39, 0.29) is 10.7 Å². The molecule has 1 unspecified atom stereocenters. The third kappa shape index (κ3) is 3.66. The Morgan fingerprint density at radius 3 is 2.82 bits per heavy atom. The number of rotatable bonds is 6. The summed E-state index contributed by atoms with van der Waals surface area (Å²) in [6.45, 7) is 1.85. The van der Waals surface area contributed by atoms with Crippen LogP contribution in [0.5, 0.6) is 0 Å². The smallest absolute Gasteiger partial charge is 0.0244 e. The van der Waals surface area contributed by atoms with E-state index in [1.165, 1.54) is 41.2 Å². The molecule has 0 amide bonds. The van der Waals surface area contributed by atoms with Crippen molar-refractivity contribution in [3.8, 4) is 0 Å². The minimum atomic E-state index is 0.262. The van der Waals surface area contributed by atoms with Crippen LogP contribution in [0.15, 0.2) is 24.3 Å². The Balaban J connectivity index is 1.99. The van der Waals surface area contributed by atoms with Crippen molar-refractivity contribution in [3.63, 3.8) is 0 Å². The molecule has 1 atom stereocenters. The molecular formula is C14H22N2S. The lowest BCUT2D eigenvalue weighted by Crippen LogP contribution is -2.19. The van der Waals surface area contributed by atoms with Crippen molar-refractivity contribution in [2.45, 2.75) is 25.7 Å². The maximum atomic E-state index is 5.50. The fourth-order valence-electron chi connectivity index (χ4n) is 2.13. The van der Waals surface area contributed by atoms with E-state index in [9.17, 15) is 0 Å². The molecule has 94 valence electrons. The van der Waals surface area contributed by atoms with Gasteiger partial charge < -0.3 is 5.73 Å². The van der Waals surface area contributed by atoms with E-state index in [2.05, 4.69) is 35.1 Å². The quantitative estimate of drug-likeness (QED) is 0.599. The summed E-state index contributed by atoms with van der Waals surface area (Å²) in [7, 11) is 0.262. The van der Waals surface area contributed by atoms with Crippen molar-refractivity contribution in [3.05, 3.63) is 34.0 Å². The van der Waals surface area contributed by atoms with Crippen molar-refractivity contribution in [1.29, 1.82) is 0 Å². The largest absolute Gasteiger partial charge is 0.330 e. The van der Waals surface area contributed by atoms with Gasteiger partial charge in [-0.15, -0.1) is 10.7 Å². The Morgan fingerprint density at radius 1 is 1.12 bits per heavy atom. The van der Waals surface area contributed by atoms with E-state index < -0.39 is 0 Å². The SMILES string of the molecule is NCCCCCCS1=c2ccccc2=CCN1. The Morgan fingerprint density at radius 2 is 1.94 bits per heavy atom. The first-order valence-corrected chi connectivity index (χ1v) is 7.88. The lowest BCUT2D eigenvalue weighted by atomic mass is 10.2. The van der Waals surface area contributed by atoms with Gasteiger partial charge in [-0.3, -0.25) is 4.72 Å². The first-order valence-electron chi connectivity index (χ1n) is 6.48. The highest BCUT2D eigenvalue weighted by molar-refractivity contribution is 8.07. The van der Waals surface area contributed by atoms with Crippen LogP contribution in [-0.4, -0.2) is 18.8 Å². The molecule has 0 saturated carbocycles. The second-order valence-electron chi connectivity index (χ2n) is 4.39. The number of hydrogen-bond acceptors (Lipinski definition) is 2. The van der Waals surface area contributed by atoms with Gasteiger partial charge in [0.2, 0.25) is 0 Å². The summed E-state index contributed by atoms with van der Waals surface area (Å²) < 4.78 is 5.11. The van der Waals surface area contributed by atoms with E-state index in [4.69, 9.17) is 5.73 Å². The van der Waals surface area contributed by atoms with Gasteiger partial charge in [-0.2, -0.15) is 0 Å². The van der Waals surface area contributed by atoms with E-state index in [0.717, 1.165) is 13.1 Å². The molecule has 1 aliphatic heterocycles. The number of nitrogens with one attached hydrogen (secondary N) is 1. The van der Waals surface area contributed by atoms with Crippen LogP contribution in [0.4, 0.5) is 0 Å². The van der Waals surface area contributed by atoms with Crippen LogP contribution < -0.4 is 15.7 Å². The van der Waals surface area contributed by atoms with Crippen molar-refractivity contribution < 1.29 is 0 Å². The first kappa shape index (κ1) is 12.8. The van der Waals surface area contributed by atoms with Gasteiger partial charge in [-0.05, 0) is 30.7 Å². The molecular weight excluding hydrogens is 228 g/mol. The maximum absolute atomic E-state index is 5.50. The normalized spacial score (nSPS) is 18.5. The van der Waals surface area contributed by atoms with Crippen LogP contribution in [0, 0.1) is 4.51 Å². The molecule has 0 aromatic heterocycles. The van der Waals surface area contributed by atoms with Gasteiger partial charge >= 0.3 is 0 Å². The Kier molecular flexibility index (Phi) is 5.23. The second-order valence-corrected chi connectivity index (χ2v) is 6.31. The van der Waals surface area contributed by atoms with Gasteiger partial charge in [0.15, 0.2) is 0 Å². The zero-order chi connectivity index (χ0) is 11.9.